The Labute approximate surface area is 101 Å². The summed E-state index contributed by atoms with van der Waals surface area (Å²) in [5, 5.41) is 0. The van der Waals surface area contributed by atoms with Crippen molar-refractivity contribution in [2.24, 2.45) is 5.73 Å². The molecular formula is C13H19N3O. The molecule has 0 aliphatic carbocycles. The summed E-state index contributed by atoms with van der Waals surface area (Å²) in [4.78, 5) is 7.68. The topological polar surface area (TPSA) is 67.8 Å². The van der Waals surface area contributed by atoms with E-state index < -0.39 is 0 Å². The lowest BCUT2D eigenvalue weighted by Gasteiger charge is -1.98. The van der Waals surface area contributed by atoms with Crippen LogP contribution in [0.4, 0.5) is 0 Å². The van der Waals surface area contributed by atoms with Gasteiger partial charge < -0.3 is 15.1 Å². The van der Waals surface area contributed by atoms with E-state index in [1.807, 2.05) is 12.3 Å². The van der Waals surface area contributed by atoms with Crippen LogP contribution in [-0.4, -0.2) is 16.5 Å². The number of hydrogen-bond acceptors (Lipinski definition) is 3. The zero-order chi connectivity index (χ0) is 11.9. The number of nitrogens with two attached hydrogens (primary N) is 1. The molecule has 0 aliphatic rings. The van der Waals surface area contributed by atoms with Gasteiger partial charge in [0.05, 0.1) is 24.4 Å². The molecule has 3 N–H and O–H groups in total. The summed E-state index contributed by atoms with van der Waals surface area (Å²) in [5.41, 5.74) is 7.52. The largest absolute Gasteiger partial charge is 0.472 e. The van der Waals surface area contributed by atoms with E-state index in [0.717, 1.165) is 36.5 Å². The molecule has 0 aromatic carbocycles. The Bertz CT molecular complexity index is 420. The molecule has 92 valence electrons. The van der Waals surface area contributed by atoms with Crippen LogP contribution >= 0.6 is 0 Å². The SMILES string of the molecule is NCCCCCCc1ncc(-c2ccoc2)[nH]1. The summed E-state index contributed by atoms with van der Waals surface area (Å²) in [5.74, 6) is 1.05. The Morgan fingerprint density at radius 2 is 2.12 bits per heavy atom. The number of H-pyrrole nitrogens is 1. The molecule has 2 heterocycles. The fraction of sp³-hybridized carbons (Fsp3) is 0.462. The van der Waals surface area contributed by atoms with E-state index in [2.05, 4.69) is 9.97 Å². The predicted molar refractivity (Wildman–Crippen MR) is 67.5 cm³/mol. The molecule has 17 heavy (non-hydrogen) atoms. The van der Waals surface area contributed by atoms with Crippen molar-refractivity contribution in [1.29, 1.82) is 0 Å². The molecule has 2 aromatic heterocycles. The van der Waals surface area contributed by atoms with Crippen LogP contribution in [0, 0.1) is 0 Å². The molecule has 0 unspecified atom stereocenters. The molecule has 0 spiro atoms. The maximum Gasteiger partial charge on any atom is 0.106 e. The van der Waals surface area contributed by atoms with Gasteiger partial charge in [-0.1, -0.05) is 12.8 Å². The van der Waals surface area contributed by atoms with Crippen molar-refractivity contribution in [1.82, 2.24) is 9.97 Å². The number of aromatic nitrogens is 2. The molecule has 4 nitrogen and oxygen atoms in total. The van der Waals surface area contributed by atoms with Crippen LogP contribution in [0.1, 0.15) is 31.5 Å². The minimum Gasteiger partial charge on any atom is -0.472 e. The van der Waals surface area contributed by atoms with E-state index >= 15 is 0 Å². The zero-order valence-electron chi connectivity index (χ0n) is 9.98. The molecule has 0 saturated heterocycles. The average molecular weight is 233 g/mol. The molecule has 2 aromatic rings. The molecule has 0 amide bonds. The van der Waals surface area contributed by atoms with Crippen molar-refractivity contribution < 1.29 is 4.42 Å². The maximum atomic E-state index is 5.45. The summed E-state index contributed by atoms with van der Waals surface area (Å²) in [6.07, 6.45) is 11.0. The number of rotatable bonds is 7. The molecule has 0 radical (unpaired) electrons. The van der Waals surface area contributed by atoms with E-state index in [4.69, 9.17) is 10.2 Å². The van der Waals surface area contributed by atoms with Crippen molar-refractivity contribution in [3.8, 4) is 11.3 Å². The van der Waals surface area contributed by atoms with Crippen LogP contribution in [0.5, 0.6) is 0 Å². The fourth-order valence-electron chi connectivity index (χ4n) is 1.84. The Kier molecular flexibility index (Phi) is 4.38. The van der Waals surface area contributed by atoms with Crippen LogP contribution in [-0.2, 0) is 6.42 Å². The van der Waals surface area contributed by atoms with Gasteiger partial charge in [-0.05, 0) is 25.5 Å². The molecule has 0 saturated carbocycles. The first kappa shape index (κ1) is 11.9. The minimum atomic E-state index is 0.797. The Morgan fingerprint density at radius 1 is 1.24 bits per heavy atom. The van der Waals surface area contributed by atoms with Gasteiger partial charge >= 0.3 is 0 Å². The third kappa shape index (κ3) is 3.46. The van der Waals surface area contributed by atoms with Crippen LogP contribution in [0.25, 0.3) is 11.3 Å². The van der Waals surface area contributed by atoms with Crippen molar-refractivity contribution in [2.45, 2.75) is 32.1 Å². The fourth-order valence-corrected chi connectivity index (χ4v) is 1.84. The minimum absolute atomic E-state index is 0.797. The zero-order valence-corrected chi connectivity index (χ0v) is 9.98. The number of nitrogens with zero attached hydrogens (tertiary/aromatic N) is 1. The molecule has 0 aliphatic heterocycles. The van der Waals surface area contributed by atoms with Crippen molar-refractivity contribution in [3.05, 3.63) is 30.6 Å². The van der Waals surface area contributed by atoms with E-state index in [1.165, 1.54) is 19.3 Å². The van der Waals surface area contributed by atoms with E-state index in [1.54, 1.807) is 12.5 Å². The summed E-state index contributed by atoms with van der Waals surface area (Å²) >= 11 is 0. The quantitative estimate of drug-likeness (QED) is 0.722. The van der Waals surface area contributed by atoms with Crippen LogP contribution in [0.15, 0.2) is 29.2 Å². The standard InChI is InChI=1S/C13H19N3O/c14-7-4-2-1-3-5-13-15-9-12(16-13)11-6-8-17-10-11/h6,8-10H,1-5,7,14H2,(H,15,16). The number of aromatic amines is 1. The van der Waals surface area contributed by atoms with Gasteiger partial charge in [-0.25, -0.2) is 4.98 Å². The van der Waals surface area contributed by atoms with Gasteiger partial charge in [-0.2, -0.15) is 0 Å². The number of aryl methyl sites for hydroxylation is 1. The molecular weight excluding hydrogens is 214 g/mol. The highest BCUT2D eigenvalue weighted by atomic mass is 16.3. The third-order valence-corrected chi connectivity index (χ3v) is 2.83. The predicted octanol–water partition coefficient (Wildman–Crippen LogP) is 2.73. The highest BCUT2D eigenvalue weighted by Crippen LogP contribution is 2.17. The van der Waals surface area contributed by atoms with Crippen molar-refractivity contribution in [3.63, 3.8) is 0 Å². The van der Waals surface area contributed by atoms with Gasteiger partial charge in [0.15, 0.2) is 0 Å². The number of nitrogens with one attached hydrogen (secondary N) is 1. The second-order valence-corrected chi connectivity index (χ2v) is 4.21. The lowest BCUT2D eigenvalue weighted by molar-refractivity contribution is 0.568. The highest BCUT2D eigenvalue weighted by molar-refractivity contribution is 5.56. The highest BCUT2D eigenvalue weighted by Gasteiger charge is 2.03. The summed E-state index contributed by atoms with van der Waals surface area (Å²) < 4.78 is 5.04. The van der Waals surface area contributed by atoms with Gasteiger partial charge in [-0.15, -0.1) is 0 Å². The Balaban J connectivity index is 1.79. The first-order chi connectivity index (χ1) is 8.40. The maximum absolute atomic E-state index is 5.45. The smallest absolute Gasteiger partial charge is 0.106 e. The number of imidazole rings is 1. The second-order valence-electron chi connectivity index (χ2n) is 4.21. The monoisotopic (exact) mass is 233 g/mol. The summed E-state index contributed by atoms with van der Waals surface area (Å²) in [6, 6.07) is 1.93. The normalized spacial score (nSPS) is 10.9. The molecule has 2 rings (SSSR count). The van der Waals surface area contributed by atoms with Gasteiger partial charge in [0.1, 0.15) is 5.82 Å². The average Bonchev–Trinajstić information content (AvgIpc) is 2.99. The lowest BCUT2D eigenvalue weighted by Crippen LogP contribution is -1.98. The molecule has 4 heteroatoms. The van der Waals surface area contributed by atoms with Crippen LogP contribution < -0.4 is 5.73 Å². The number of furan rings is 1. The van der Waals surface area contributed by atoms with Crippen LogP contribution in [0.3, 0.4) is 0 Å². The van der Waals surface area contributed by atoms with Crippen molar-refractivity contribution in [2.75, 3.05) is 6.54 Å². The lowest BCUT2D eigenvalue weighted by atomic mass is 10.1. The number of unbranched alkanes of at least 4 members (excludes halogenated alkanes) is 3. The van der Waals surface area contributed by atoms with Crippen LogP contribution in [0.2, 0.25) is 0 Å². The Morgan fingerprint density at radius 3 is 2.88 bits per heavy atom. The van der Waals surface area contributed by atoms with E-state index in [0.29, 0.717) is 0 Å². The van der Waals surface area contributed by atoms with Crippen molar-refractivity contribution >= 4 is 0 Å². The summed E-state index contributed by atoms with van der Waals surface area (Å²) in [6.45, 7) is 0.797. The molecule has 0 bridgehead atoms. The Hall–Kier alpha value is -1.55. The van der Waals surface area contributed by atoms with E-state index in [9.17, 15) is 0 Å². The van der Waals surface area contributed by atoms with Gasteiger partial charge in [-0.3, -0.25) is 0 Å². The first-order valence-electron chi connectivity index (χ1n) is 6.16. The first-order valence-corrected chi connectivity index (χ1v) is 6.16. The van der Waals surface area contributed by atoms with Gasteiger partial charge in [0.25, 0.3) is 0 Å². The third-order valence-electron chi connectivity index (χ3n) is 2.83. The van der Waals surface area contributed by atoms with Gasteiger partial charge in [0, 0.05) is 12.0 Å². The molecule has 0 fully saturated rings. The number of hydrogen-bond donors (Lipinski definition) is 2. The molecule has 0 atom stereocenters. The van der Waals surface area contributed by atoms with Gasteiger partial charge in [0.2, 0.25) is 0 Å². The van der Waals surface area contributed by atoms with E-state index in [-0.39, 0.29) is 0 Å². The second kappa shape index (κ2) is 6.25. The summed E-state index contributed by atoms with van der Waals surface area (Å²) in [7, 11) is 0.